The number of hydrogen-bond acceptors (Lipinski definition) is 7. The van der Waals surface area contributed by atoms with Crippen LogP contribution in [-0.2, 0) is 28.0 Å². The van der Waals surface area contributed by atoms with E-state index in [2.05, 4.69) is 68.6 Å². The molecule has 0 saturated carbocycles. The number of nitrogens with one attached hydrogen (secondary N) is 2. The summed E-state index contributed by atoms with van der Waals surface area (Å²) in [6.07, 6.45) is 3.49. The zero-order chi connectivity index (χ0) is 28.0. The molecular weight excluding hydrogens is 514 g/mol. The van der Waals surface area contributed by atoms with Crippen molar-refractivity contribution in [1.82, 2.24) is 35.5 Å². The van der Waals surface area contributed by atoms with Crippen molar-refractivity contribution < 1.29 is 9.53 Å². The zero-order valence-electron chi connectivity index (χ0n) is 23.2. The number of nitrogens with zero attached hydrogens (tertiary/aromatic N) is 5. The number of aromatic nitrogens is 6. The van der Waals surface area contributed by atoms with Crippen LogP contribution in [0.3, 0.4) is 0 Å². The molecule has 2 atom stereocenters. The first kappa shape index (κ1) is 28.4. The molecule has 4 aromatic rings. The molecule has 0 spiro atoms. The fourth-order valence-electron chi connectivity index (χ4n) is 5.18. The number of ether oxygens (including phenoxy) is 1. The predicted octanol–water partition coefficient (Wildman–Crippen LogP) is 5.41. The number of H-pyrrole nitrogens is 1. The standard InChI is InChI=1S/C29H36ClN7O2/c1-6-8-13-24-32-26(30)25(29(31-4,19(3)7-2)28(38)39-5)37(24)18-20-14-16-21(17-15-20)22-11-9-10-12-23(22)27-33-35-36-34-27/h9-12,14-17,19,31H,6-8,13,18H2,1-5H3,(H,33,34,35,36)/t19-,29+/m0/s1. The number of likely N-dealkylation sites (N-methyl/N-ethyl adjacent to an activating group) is 1. The van der Waals surface area contributed by atoms with Crippen molar-refractivity contribution in [2.45, 2.75) is 58.5 Å². The Morgan fingerprint density at radius 2 is 1.87 bits per heavy atom. The van der Waals surface area contributed by atoms with Crippen molar-refractivity contribution in [2.24, 2.45) is 5.92 Å². The summed E-state index contributed by atoms with van der Waals surface area (Å²) in [7, 11) is 3.19. The Hall–Kier alpha value is -3.56. The highest BCUT2D eigenvalue weighted by Crippen LogP contribution is 2.39. The number of aryl methyl sites for hydroxylation is 1. The van der Waals surface area contributed by atoms with Gasteiger partial charge in [-0.3, -0.25) is 5.32 Å². The van der Waals surface area contributed by atoms with Crippen molar-refractivity contribution in [3.8, 4) is 22.5 Å². The fourth-order valence-corrected chi connectivity index (χ4v) is 5.53. The molecule has 0 bridgehead atoms. The van der Waals surface area contributed by atoms with Crippen LogP contribution in [0.1, 0.15) is 57.1 Å². The summed E-state index contributed by atoms with van der Waals surface area (Å²) >= 11 is 6.83. The number of unbranched alkanes of at least 4 members (excludes halogenated alkanes) is 1. The van der Waals surface area contributed by atoms with Crippen LogP contribution in [0.15, 0.2) is 48.5 Å². The first-order valence-electron chi connectivity index (χ1n) is 13.4. The third-order valence-electron chi connectivity index (χ3n) is 7.50. The molecule has 2 heterocycles. The number of carbonyl (C=O) groups excluding carboxylic acids is 1. The minimum absolute atomic E-state index is 0.0917. The largest absolute Gasteiger partial charge is 0.467 e. The lowest BCUT2D eigenvalue weighted by atomic mass is 9.80. The Morgan fingerprint density at radius 3 is 2.46 bits per heavy atom. The summed E-state index contributed by atoms with van der Waals surface area (Å²) in [5, 5.41) is 18.1. The number of aromatic amines is 1. The van der Waals surface area contributed by atoms with Gasteiger partial charge in [0.05, 0.1) is 12.8 Å². The van der Waals surface area contributed by atoms with Crippen molar-refractivity contribution in [3.05, 3.63) is 70.8 Å². The molecule has 0 amide bonds. The van der Waals surface area contributed by atoms with Crippen molar-refractivity contribution in [3.63, 3.8) is 0 Å². The molecule has 10 heteroatoms. The van der Waals surface area contributed by atoms with Crippen LogP contribution in [0.4, 0.5) is 0 Å². The maximum absolute atomic E-state index is 13.4. The van der Waals surface area contributed by atoms with Crippen LogP contribution >= 0.6 is 11.6 Å². The van der Waals surface area contributed by atoms with Gasteiger partial charge in [0.25, 0.3) is 0 Å². The van der Waals surface area contributed by atoms with Crippen molar-refractivity contribution in [2.75, 3.05) is 14.2 Å². The van der Waals surface area contributed by atoms with E-state index >= 15 is 0 Å². The minimum atomic E-state index is -1.14. The van der Waals surface area contributed by atoms with Crippen LogP contribution in [-0.4, -0.2) is 50.3 Å². The van der Waals surface area contributed by atoms with Gasteiger partial charge in [0.2, 0.25) is 5.82 Å². The fraction of sp³-hybridized carbons (Fsp3) is 0.414. The molecule has 0 saturated heterocycles. The second-order valence-corrected chi connectivity index (χ2v) is 10.1. The van der Waals surface area contributed by atoms with Crippen molar-refractivity contribution >= 4 is 17.6 Å². The third-order valence-corrected chi connectivity index (χ3v) is 7.77. The Labute approximate surface area is 234 Å². The van der Waals surface area contributed by atoms with E-state index in [1.807, 2.05) is 31.2 Å². The maximum Gasteiger partial charge on any atom is 0.332 e. The summed E-state index contributed by atoms with van der Waals surface area (Å²) in [5.74, 6) is 0.934. The molecule has 0 aliphatic carbocycles. The summed E-state index contributed by atoms with van der Waals surface area (Å²) in [6, 6.07) is 16.3. The zero-order valence-corrected chi connectivity index (χ0v) is 23.9. The number of hydrogen-bond donors (Lipinski definition) is 2. The number of carbonyl (C=O) groups is 1. The highest BCUT2D eigenvalue weighted by atomic mass is 35.5. The average molecular weight is 550 g/mol. The van der Waals surface area contributed by atoms with Crippen LogP contribution in [0.2, 0.25) is 5.15 Å². The van der Waals surface area contributed by atoms with Gasteiger partial charge in [-0.05, 0) is 41.3 Å². The van der Waals surface area contributed by atoms with Gasteiger partial charge in [-0.1, -0.05) is 93.7 Å². The quantitative estimate of drug-likeness (QED) is 0.227. The van der Waals surface area contributed by atoms with E-state index in [9.17, 15) is 4.79 Å². The first-order chi connectivity index (χ1) is 18.9. The van der Waals surface area contributed by atoms with Crippen LogP contribution in [0, 0.1) is 5.92 Å². The Kier molecular flexibility index (Phi) is 9.14. The Morgan fingerprint density at radius 1 is 1.15 bits per heavy atom. The molecule has 0 aliphatic heterocycles. The van der Waals surface area contributed by atoms with E-state index in [1.54, 1.807) is 7.05 Å². The lowest BCUT2D eigenvalue weighted by molar-refractivity contribution is -0.152. The molecule has 2 aromatic heterocycles. The molecule has 2 N–H and O–H groups in total. The molecule has 0 aliphatic rings. The monoisotopic (exact) mass is 549 g/mol. The highest BCUT2D eigenvalue weighted by Gasteiger charge is 2.49. The van der Waals surface area contributed by atoms with Crippen LogP contribution in [0.25, 0.3) is 22.5 Å². The second-order valence-electron chi connectivity index (χ2n) is 9.69. The molecular formula is C29H36ClN7O2. The van der Waals surface area contributed by atoms with E-state index < -0.39 is 5.54 Å². The molecule has 39 heavy (non-hydrogen) atoms. The topological polar surface area (TPSA) is 111 Å². The number of benzene rings is 2. The maximum atomic E-state index is 13.4. The number of halogens is 1. The van der Waals surface area contributed by atoms with E-state index in [1.165, 1.54) is 7.11 Å². The summed E-state index contributed by atoms with van der Waals surface area (Å²) in [6.45, 7) is 6.74. The second kappa shape index (κ2) is 12.5. The van der Waals surface area contributed by atoms with E-state index in [4.69, 9.17) is 21.3 Å². The number of imidazole rings is 1. The van der Waals surface area contributed by atoms with Gasteiger partial charge in [0, 0.05) is 18.5 Å². The summed E-state index contributed by atoms with van der Waals surface area (Å²) < 4.78 is 7.42. The number of methoxy groups -OCH3 is 1. The van der Waals surface area contributed by atoms with Gasteiger partial charge in [-0.15, -0.1) is 10.2 Å². The molecule has 2 aromatic carbocycles. The summed E-state index contributed by atoms with van der Waals surface area (Å²) in [5.41, 5.74) is 3.51. The average Bonchev–Trinajstić information content (AvgIpc) is 3.61. The van der Waals surface area contributed by atoms with E-state index in [-0.39, 0.29) is 11.9 Å². The third kappa shape index (κ3) is 5.46. The molecule has 0 radical (unpaired) electrons. The van der Waals surface area contributed by atoms with E-state index in [0.29, 0.717) is 23.2 Å². The van der Waals surface area contributed by atoms with Gasteiger partial charge < -0.3 is 9.30 Å². The van der Waals surface area contributed by atoms with Gasteiger partial charge in [-0.25, -0.2) is 9.78 Å². The molecule has 9 nitrogen and oxygen atoms in total. The van der Waals surface area contributed by atoms with E-state index in [0.717, 1.165) is 53.8 Å². The minimum Gasteiger partial charge on any atom is -0.467 e. The van der Waals surface area contributed by atoms with Gasteiger partial charge in [-0.2, -0.15) is 5.21 Å². The lowest BCUT2D eigenvalue weighted by Gasteiger charge is -2.37. The predicted molar refractivity (Wildman–Crippen MR) is 152 cm³/mol. The Balaban J connectivity index is 1.77. The number of esters is 1. The first-order valence-corrected chi connectivity index (χ1v) is 13.7. The Bertz CT molecular complexity index is 1390. The normalized spacial score (nSPS) is 13.7. The molecule has 0 fully saturated rings. The highest BCUT2D eigenvalue weighted by molar-refractivity contribution is 6.30. The number of rotatable bonds is 12. The SMILES string of the molecule is CCCCc1nc(Cl)c([C@@](NC)(C(=O)OC)[C@@H](C)CC)n1Cc1ccc(-c2ccccc2-c2nn[nH]n2)cc1. The van der Waals surface area contributed by atoms with Gasteiger partial charge in [0.1, 0.15) is 5.82 Å². The molecule has 206 valence electrons. The smallest absolute Gasteiger partial charge is 0.332 e. The van der Waals surface area contributed by atoms with Gasteiger partial charge in [0.15, 0.2) is 10.7 Å². The van der Waals surface area contributed by atoms with Crippen molar-refractivity contribution in [1.29, 1.82) is 0 Å². The number of tetrazole rings is 1. The van der Waals surface area contributed by atoms with Crippen LogP contribution in [0.5, 0.6) is 0 Å². The van der Waals surface area contributed by atoms with Crippen LogP contribution < -0.4 is 5.32 Å². The molecule has 4 rings (SSSR count). The molecule has 0 unspecified atom stereocenters. The summed E-state index contributed by atoms with van der Waals surface area (Å²) in [4.78, 5) is 18.1. The van der Waals surface area contributed by atoms with Gasteiger partial charge >= 0.3 is 5.97 Å². The lowest BCUT2D eigenvalue weighted by Crippen LogP contribution is -2.54.